The van der Waals surface area contributed by atoms with Gasteiger partial charge in [0.05, 0.1) is 6.04 Å². The van der Waals surface area contributed by atoms with Crippen molar-refractivity contribution in [3.8, 4) is 0 Å². The van der Waals surface area contributed by atoms with E-state index in [9.17, 15) is 14.4 Å². The molecule has 134 valence electrons. The number of aliphatic carboxylic acids is 1. The predicted molar refractivity (Wildman–Crippen MR) is 99.3 cm³/mol. The van der Waals surface area contributed by atoms with Crippen LogP contribution in [0, 0.1) is 0 Å². The summed E-state index contributed by atoms with van der Waals surface area (Å²) in [7, 11) is 0. The van der Waals surface area contributed by atoms with Gasteiger partial charge in [0.1, 0.15) is 12.1 Å². The molecule has 0 saturated heterocycles. The van der Waals surface area contributed by atoms with Crippen molar-refractivity contribution in [1.82, 2.24) is 10.6 Å². The van der Waals surface area contributed by atoms with Gasteiger partial charge in [0, 0.05) is 5.75 Å². The fourth-order valence-electron chi connectivity index (χ4n) is 1.61. The summed E-state index contributed by atoms with van der Waals surface area (Å²) in [4.78, 5) is 35.2. The van der Waals surface area contributed by atoms with Gasteiger partial charge < -0.3 is 21.5 Å². The SMILES string of the molecule is CSCCC(N)C(=O)NC(CS)C(=O)NC(CCSC)C(=O)O. The van der Waals surface area contributed by atoms with E-state index < -0.39 is 35.9 Å². The molecule has 0 aromatic rings. The van der Waals surface area contributed by atoms with Crippen molar-refractivity contribution < 1.29 is 19.5 Å². The van der Waals surface area contributed by atoms with E-state index in [2.05, 4.69) is 23.3 Å². The number of thiol groups is 1. The van der Waals surface area contributed by atoms with Crippen LogP contribution in [0.2, 0.25) is 0 Å². The topological polar surface area (TPSA) is 122 Å². The van der Waals surface area contributed by atoms with Gasteiger partial charge in [0.15, 0.2) is 0 Å². The van der Waals surface area contributed by atoms with Gasteiger partial charge >= 0.3 is 5.97 Å². The van der Waals surface area contributed by atoms with Gasteiger partial charge in [-0.3, -0.25) is 9.59 Å². The Morgan fingerprint density at radius 2 is 1.57 bits per heavy atom. The zero-order valence-corrected chi connectivity index (χ0v) is 15.8. The first-order valence-electron chi connectivity index (χ1n) is 7.05. The van der Waals surface area contributed by atoms with Gasteiger partial charge in [-0.15, -0.1) is 0 Å². The molecular formula is C13H25N3O4S3. The monoisotopic (exact) mass is 383 g/mol. The fraction of sp³-hybridized carbons (Fsp3) is 0.769. The second-order valence-corrected chi connectivity index (χ2v) is 7.15. The van der Waals surface area contributed by atoms with Crippen molar-refractivity contribution >= 4 is 53.9 Å². The molecule has 10 heteroatoms. The van der Waals surface area contributed by atoms with Gasteiger partial charge in [0.2, 0.25) is 11.8 Å². The fourth-order valence-corrected chi connectivity index (χ4v) is 2.83. The van der Waals surface area contributed by atoms with E-state index in [1.807, 2.05) is 12.5 Å². The highest BCUT2D eigenvalue weighted by molar-refractivity contribution is 7.98. The Kier molecular flexibility index (Phi) is 12.5. The zero-order valence-electron chi connectivity index (χ0n) is 13.3. The molecule has 0 aliphatic rings. The zero-order chi connectivity index (χ0) is 17.8. The molecule has 0 aliphatic heterocycles. The Morgan fingerprint density at radius 1 is 1.04 bits per heavy atom. The van der Waals surface area contributed by atoms with E-state index >= 15 is 0 Å². The predicted octanol–water partition coefficient (Wildman–Crippen LogP) is -0.196. The maximum atomic E-state index is 12.1. The molecule has 0 spiro atoms. The van der Waals surface area contributed by atoms with Gasteiger partial charge in [-0.2, -0.15) is 36.2 Å². The largest absolute Gasteiger partial charge is 0.480 e. The number of nitrogens with two attached hydrogens (primary N) is 1. The lowest BCUT2D eigenvalue weighted by atomic mass is 10.2. The summed E-state index contributed by atoms with van der Waals surface area (Å²) >= 11 is 7.11. The molecule has 0 fully saturated rings. The standard InChI is InChI=1S/C13H25N3O4S3/c1-22-5-3-8(14)11(17)16-10(7-21)12(18)15-9(13(19)20)4-6-23-2/h8-10,21H,3-7,14H2,1-2H3,(H,15,18)(H,16,17)(H,19,20). The van der Waals surface area contributed by atoms with Gasteiger partial charge in [-0.25, -0.2) is 4.79 Å². The lowest BCUT2D eigenvalue weighted by molar-refractivity contribution is -0.142. The van der Waals surface area contributed by atoms with E-state index in [1.165, 1.54) is 11.8 Å². The maximum absolute atomic E-state index is 12.1. The number of rotatable bonds is 12. The van der Waals surface area contributed by atoms with Crippen LogP contribution in [-0.4, -0.2) is 70.8 Å². The minimum absolute atomic E-state index is 0.0572. The number of hydrogen-bond donors (Lipinski definition) is 5. The molecule has 2 amide bonds. The third-order valence-corrected chi connectivity index (χ3v) is 4.66. The molecule has 23 heavy (non-hydrogen) atoms. The number of hydrogen-bond acceptors (Lipinski definition) is 7. The van der Waals surface area contributed by atoms with Crippen LogP contribution in [-0.2, 0) is 14.4 Å². The molecule has 0 radical (unpaired) electrons. The smallest absolute Gasteiger partial charge is 0.326 e. The molecule has 0 bridgehead atoms. The van der Waals surface area contributed by atoms with E-state index in [-0.39, 0.29) is 5.75 Å². The van der Waals surface area contributed by atoms with Crippen LogP contribution in [0.4, 0.5) is 0 Å². The third-order valence-electron chi connectivity index (χ3n) is 3.01. The average molecular weight is 384 g/mol. The second-order valence-electron chi connectivity index (χ2n) is 4.81. The summed E-state index contributed by atoms with van der Waals surface area (Å²) in [6.07, 6.45) is 4.57. The first-order chi connectivity index (χ1) is 10.9. The molecule has 0 heterocycles. The highest BCUT2D eigenvalue weighted by Crippen LogP contribution is 2.03. The van der Waals surface area contributed by atoms with Crippen molar-refractivity contribution in [3.63, 3.8) is 0 Å². The number of thioether (sulfide) groups is 2. The molecule has 0 saturated carbocycles. The van der Waals surface area contributed by atoms with Crippen LogP contribution in [0.1, 0.15) is 12.8 Å². The minimum atomic E-state index is -1.10. The number of nitrogens with one attached hydrogen (secondary N) is 2. The molecule has 3 atom stereocenters. The average Bonchev–Trinajstić information content (AvgIpc) is 2.53. The molecule has 3 unspecified atom stereocenters. The highest BCUT2D eigenvalue weighted by atomic mass is 32.2. The van der Waals surface area contributed by atoms with Gasteiger partial charge in [0.25, 0.3) is 0 Å². The lowest BCUT2D eigenvalue weighted by Crippen LogP contribution is -2.55. The van der Waals surface area contributed by atoms with E-state index in [0.29, 0.717) is 18.6 Å². The normalized spacial score (nSPS) is 14.6. The van der Waals surface area contributed by atoms with Crippen LogP contribution in [0.3, 0.4) is 0 Å². The van der Waals surface area contributed by atoms with Crippen molar-refractivity contribution in [2.24, 2.45) is 5.73 Å². The summed E-state index contributed by atoms with van der Waals surface area (Å²) in [6.45, 7) is 0. The van der Waals surface area contributed by atoms with Gasteiger partial charge in [-0.05, 0) is 36.9 Å². The van der Waals surface area contributed by atoms with Gasteiger partial charge in [-0.1, -0.05) is 0 Å². The Bertz CT molecular complexity index is 399. The van der Waals surface area contributed by atoms with Crippen LogP contribution in [0.15, 0.2) is 0 Å². The van der Waals surface area contributed by atoms with Crippen molar-refractivity contribution in [2.75, 3.05) is 29.8 Å². The second kappa shape index (κ2) is 12.8. The Hall–Kier alpha value is -0.580. The van der Waals surface area contributed by atoms with E-state index in [0.717, 1.165) is 5.75 Å². The van der Waals surface area contributed by atoms with E-state index in [4.69, 9.17) is 10.8 Å². The van der Waals surface area contributed by atoms with E-state index in [1.54, 1.807) is 11.8 Å². The van der Waals surface area contributed by atoms with Crippen LogP contribution in [0.5, 0.6) is 0 Å². The summed E-state index contributed by atoms with van der Waals surface area (Å²) in [6, 6.07) is -2.61. The van der Waals surface area contributed by atoms with Crippen LogP contribution >= 0.6 is 36.2 Å². The highest BCUT2D eigenvalue weighted by Gasteiger charge is 2.26. The third kappa shape index (κ3) is 9.33. The Labute approximate surface area is 150 Å². The molecule has 0 aromatic heterocycles. The lowest BCUT2D eigenvalue weighted by Gasteiger charge is -2.21. The number of amides is 2. The minimum Gasteiger partial charge on any atom is -0.480 e. The van der Waals surface area contributed by atoms with Crippen LogP contribution < -0.4 is 16.4 Å². The molecular weight excluding hydrogens is 358 g/mol. The quantitative estimate of drug-likeness (QED) is 0.296. The number of carboxylic acid groups (broad SMARTS) is 1. The maximum Gasteiger partial charge on any atom is 0.326 e. The summed E-state index contributed by atoms with van der Waals surface area (Å²) < 4.78 is 0. The Morgan fingerprint density at radius 3 is 2.04 bits per heavy atom. The summed E-state index contributed by atoms with van der Waals surface area (Å²) in [5.41, 5.74) is 5.74. The molecule has 0 aromatic carbocycles. The first kappa shape index (κ1) is 22.4. The number of carbonyl (C=O) groups is 3. The molecule has 7 nitrogen and oxygen atoms in total. The molecule has 0 rings (SSSR count). The van der Waals surface area contributed by atoms with Crippen molar-refractivity contribution in [3.05, 3.63) is 0 Å². The van der Waals surface area contributed by atoms with Crippen LogP contribution in [0.25, 0.3) is 0 Å². The first-order valence-corrected chi connectivity index (χ1v) is 10.5. The summed E-state index contributed by atoms with van der Waals surface area (Å²) in [5, 5.41) is 14.1. The van der Waals surface area contributed by atoms with Crippen molar-refractivity contribution in [1.29, 1.82) is 0 Å². The Balaban J connectivity index is 4.60. The molecule has 0 aliphatic carbocycles. The number of carbonyl (C=O) groups excluding carboxylic acids is 2. The number of carboxylic acids is 1. The van der Waals surface area contributed by atoms with Crippen molar-refractivity contribution in [2.45, 2.75) is 31.0 Å². The summed E-state index contributed by atoms with van der Waals surface area (Å²) in [5.74, 6) is -0.713. The molecule has 5 N–H and O–H groups in total.